The molecule has 0 aliphatic carbocycles. The summed E-state index contributed by atoms with van der Waals surface area (Å²) in [5, 5.41) is 8.30. The monoisotopic (exact) mass is 455 g/mol. The maximum absolute atomic E-state index is 6.29. The van der Waals surface area contributed by atoms with Gasteiger partial charge in [0.25, 0.3) is 0 Å². The summed E-state index contributed by atoms with van der Waals surface area (Å²) in [7, 11) is 2.22. The van der Waals surface area contributed by atoms with Crippen LogP contribution in [-0.4, -0.2) is 49.4 Å². The van der Waals surface area contributed by atoms with E-state index in [1.54, 1.807) is 0 Å². The molecule has 1 atom stereocenters. The number of nitrogens with zero attached hydrogens (tertiary/aromatic N) is 2. The van der Waals surface area contributed by atoms with E-state index in [-0.39, 0.29) is 11.6 Å². The number of rotatable bonds is 14. The second-order valence-electron chi connectivity index (χ2n) is 10.4. The fourth-order valence-electron chi connectivity index (χ4n) is 4.84. The predicted molar refractivity (Wildman–Crippen MR) is 142 cm³/mol. The van der Waals surface area contributed by atoms with Crippen molar-refractivity contribution in [3.63, 3.8) is 0 Å². The standard InChI is InChI=1S/C27H45N5O/c1-6-8-13-23-30-24-21-15-14-20(17-22(21)29-26(28)25(24)31-23)12-10-9-11-16-32(5)18-27(3,4)19-33-7-2/h14-15,17,23,30-31H,6-13,16,18-19H2,1-5H3,(H2,28,29). The molecule has 1 aromatic carbocycles. The summed E-state index contributed by atoms with van der Waals surface area (Å²) < 4.78 is 5.63. The van der Waals surface area contributed by atoms with Crippen molar-refractivity contribution in [1.29, 1.82) is 0 Å². The van der Waals surface area contributed by atoms with Gasteiger partial charge in [0.15, 0.2) is 0 Å². The van der Waals surface area contributed by atoms with Crippen LogP contribution in [0.2, 0.25) is 0 Å². The third kappa shape index (κ3) is 7.21. The zero-order valence-corrected chi connectivity index (χ0v) is 21.5. The topological polar surface area (TPSA) is 75.4 Å². The molecule has 0 saturated carbocycles. The summed E-state index contributed by atoms with van der Waals surface area (Å²) in [6.45, 7) is 12.7. The van der Waals surface area contributed by atoms with Crippen LogP contribution in [0.15, 0.2) is 18.2 Å². The minimum Gasteiger partial charge on any atom is -0.382 e. The maximum Gasteiger partial charge on any atom is 0.149 e. The summed E-state index contributed by atoms with van der Waals surface area (Å²) in [5.41, 5.74) is 10.9. The van der Waals surface area contributed by atoms with Crippen LogP contribution in [0.25, 0.3) is 10.9 Å². The fraction of sp³-hybridized carbons (Fsp3) is 0.667. The lowest BCUT2D eigenvalue weighted by molar-refractivity contribution is 0.0509. The molecule has 1 unspecified atom stereocenters. The average Bonchev–Trinajstić information content (AvgIpc) is 3.21. The van der Waals surface area contributed by atoms with Gasteiger partial charge in [-0.2, -0.15) is 0 Å². The van der Waals surface area contributed by atoms with Crippen LogP contribution in [0.4, 0.5) is 17.2 Å². The smallest absolute Gasteiger partial charge is 0.149 e. The second-order valence-corrected chi connectivity index (χ2v) is 10.4. The van der Waals surface area contributed by atoms with Gasteiger partial charge in [0.05, 0.1) is 24.0 Å². The third-order valence-corrected chi connectivity index (χ3v) is 6.46. The van der Waals surface area contributed by atoms with Crippen molar-refractivity contribution in [2.45, 2.75) is 78.8 Å². The Balaban J connectivity index is 1.48. The number of unbranched alkanes of at least 4 members (excludes halogenated alkanes) is 3. The molecule has 33 heavy (non-hydrogen) atoms. The van der Waals surface area contributed by atoms with E-state index in [4.69, 9.17) is 15.5 Å². The molecule has 1 aliphatic rings. The highest BCUT2D eigenvalue weighted by Gasteiger charge is 2.24. The van der Waals surface area contributed by atoms with Gasteiger partial charge in [-0.15, -0.1) is 0 Å². The van der Waals surface area contributed by atoms with Gasteiger partial charge >= 0.3 is 0 Å². The number of anilines is 3. The number of nitrogens with two attached hydrogens (primary N) is 1. The molecule has 0 saturated heterocycles. The van der Waals surface area contributed by atoms with Gasteiger partial charge in [0.1, 0.15) is 11.5 Å². The normalized spacial score (nSPS) is 15.6. The minimum absolute atomic E-state index is 0.200. The Hall–Kier alpha value is -2.05. The highest BCUT2D eigenvalue weighted by molar-refractivity contribution is 6.03. The summed E-state index contributed by atoms with van der Waals surface area (Å²) in [4.78, 5) is 7.15. The first-order valence-corrected chi connectivity index (χ1v) is 12.8. The van der Waals surface area contributed by atoms with Crippen LogP contribution in [-0.2, 0) is 11.2 Å². The number of aryl methyl sites for hydroxylation is 1. The Bertz CT molecular complexity index is 898. The van der Waals surface area contributed by atoms with Crippen molar-refractivity contribution < 1.29 is 4.74 Å². The van der Waals surface area contributed by atoms with E-state index in [9.17, 15) is 0 Å². The van der Waals surface area contributed by atoms with Gasteiger partial charge in [-0.1, -0.05) is 45.7 Å². The molecule has 0 bridgehead atoms. The SMILES string of the molecule is CCCCC1Nc2c(N)nc3cc(CCCCCN(C)CC(C)(C)COCC)ccc3c2N1. The molecule has 1 aromatic heterocycles. The maximum atomic E-state index is 6.29. The minimum atomic E-state index is 0.200. The molecule has 0 spiro atoms. The number of hydrogen-bond donors (Lipinski definition) is 3. The van der Waals surface area contributed by atoms with Crippen molar-refractivity contribution in [1.82, 2.24) is 9.88 Å². The quantitative estimate of drug-likeness (QED) is 0.309. The molecule has 4 N–H and O–H groups in total. The second kappa shape index (κ2) is 11.9. The first-order chi connectivity index (χ1) is 15.8. The summed E-state index contributed by atoms with van der Waals surface area (Å²) in [5.74, 6) is 0.594. The fourth-order valence-corrected chi connectivity index (χ4v) is 4.84. The predicted octanol–water partition coefficient (Wildman–Crippen LogP) is 5.88. The van der Waals surface area contributed by atoms with Crippen LogP contribution in [0.3, 0.4) is 0 Å². The number of nitrogen functional groups attached to an aromatic ring is 1. The van der Waals surface area contributed by atoms with Crippen LogP contribution >= 0.6 is 0 Å². The molecule has 2 aromatic rings. The number of fused-ring (bicyclic) bond motifs is 3. The number of hydrogen-bond acceptors (Lipinski definition) is 6. The number of ether oxygens (including phenoxy) is 1. The van der Waals surface area contributed by atoms with E-state index >= 15 is 0 Å². The molecule has 184 valence electrons. The van der Waals surface area contributed by atoms with Gasteiger partial charge in [0.2, 0.25) is 0 Å². The van der Waals surface area contributed by atoms with E-state index in [1.807, 2.05) is 0 Å². The van der Waals surface area contributed by atoms with E-state index in [2.05, 4.69) is 68.5 Å². The molecular formula is C27H45N5O. The first-order valence-electron chi connectivity index (χ1n) is 12.8. The van der Waals surface area contributed by atoms with Gasteiger partial charge in [-0.3, -0.25) is 0 Å². The number of pyridine rings is 1. The van der Waals surface area contributed by atoms with Crippen LogP contribution < -0.4 is 16.4 Å². The van der Waals surface area contributed by atoms with Crippen molar-refractivity contribution in [3.8, 4) is 0 Å². The van der Waals surface area contributed by atoms with Crippen molar-refractivity contribution in [2.75, 3.05) is 49.7 Å². The highest BCUT2D eigenvalue weighted by Crippen LogP contribution is 2.40. The van der Waals surface area contributed by atoms with Crippen LogP contribution in [0.1, 0.15) is 71.8 Å². The lowest BCUT2D eigenvalue weighted by Crippen LogP contribution is -2.35. The Labute approximate surface area is 200 Å². The average molecular weight is 456 g/mol. The summed E-state index contributed by atoms with van der Waals surface area (Å²) in [6, 6.07) is 6.68. The third-order valence-electron chi connectivity index (χ3n) is 6.46. The van der Waals surface area contributed by atoms with Crippen LogP contribution in [0.5, 0.6) is 0 Å². The Morgan fingerprint density at radius 3 is 2.64 bits per heavy atom. The Morgan fingerprint density at radius 2 is 1.88 bits per heavy atom. The molecule has 0 fully saturated rings. The van der Waals surface area contributed by atoms with Crippen LogP contribution in [0, 0.1) is 5.41 Å². The molecular weight excluding hydrogens is 410 g/mol. The van der Waals surface area contributed by atoms with Crippen molar-refractivity contribution in [3.05, 3.63) is 23.8 Å². The molecule has 1 aliphatic heterocycles. The zero-order valence-electron chi connectivity index (χ0n) is 21.5. The van der Waals surface area contributed by atoms with E-state index in [0.717, 1.165) is 61.4 Å². The molecule has 3 rings (SSSR count). The van der Waals surface area contributed by atoms with Gasteiger partial charge in [-0.05, 0) is 64.3 Å². The number of aromatic nitrogens is 1. The first kappa shape index (κ1) is 25.6. The Morgan fingerprint density at radius 1 is 1.09 bits per heavy atom. The largest absolute Gasteiger partial charge is 0.382 e. The molecule has 0 amide bonds. The molecule has 6 heteroatoms. The van der Waals surface area contributed by atoms with E-state index in [0.29, 0.717) is 5.82 Å². The highest BCUT2D eigenvalue weighted by atomic mass is 16.5. The summed E-state index contributed by atoms with van der Waals surface area (Å²) in [6.07, 6.45) is 8.45. The Kier molecular flexibility index (Phi) is 9.21. The van der Waals surface area contributed by atoms with Gasteiger partial charge in [-0.25, -0.2) is 4.98 Å². The molecule has 0 radical (unpaired) electrons. The van der Waals surface area contributed by atoms with Crippen molar-refractivity contribution in [2.24, 2.45) is 5.41 Å². The number of nitrogens with one attached hydrogen (secondary N) is 2. The van der Waals surface area contributed by atoms with E-state index in [1.165, 1.54) is 37.7 Å². The van der Waals surface area contributed by atoms with E-state index < -0.39 is 0 Å². The van der Waals surface area contributed by atoms with Gasteiger partial charge in [0, 0.05) is 24.0 Å². The molecule has 2 heterocycles. The number of benzene rings is 1. The summed E-state index contributed by atoms with van der Waals surface area (Å²) >= 11 is 0. The van der Waals surface area contributed by atoms with Gasteiger partial charge < -0.3 is 26.0 Å². The lowest BCUT2D eigenvalue weighted by Gasteiger charge is -2.30. The molecule has 6 nitrogen and oxygen atoms in total. The van der Waals surface area contributed by atoms with Crippen molar-refractivity contribution >= 4 is 28.1 Å². The lowest BCUT2D eigenvalue weighted by atomic mass is 9.94. The zero-order chi connectivity index (χ0) is 23.8.